The number of hydrogen-bond donors (Lipinski definition) is 1. The van der Waals surface area contributed by atoms with Crippen LogP contribution in [0.2, 0.25) is 0 Å². The molecule has 1 saturated carbocycles. The molecule has 1 aliphatic rings. The van der Waals surface area contributed by atoms with Gasteiger partial charge in [-0.3, -0.25) is 0 Å². The van der Waals surface area contributed by atoms with Gasteiger partial charge in [0.2, 0.25) is 0 Å². The fourth-order valence-electron chi connectivity index (χ4n) is 3.27. The molecule has 16 heavy (non-hydrogen) atoms. The molecule has 2 unspecified atom stereocenters. The number of hydrogen-bond acceptors (Lipinski definition) is 1. The average Bonchev–Trinajstić information content (AvgIpc) is 2.64. The van der Waals surface area contributed by atoms with E-state index in [9.17, 15) is 0 Å². The van der Waals surface area contributed by atoms with E-state index in [1.807, 2.05) is 0 Å². The largest absolute Gasteiger partial charge is 0.312 e. The number of nitrogens with one attached hydrogen (secondary N) is 1. The minimum atomic E-state index is 0.279. The maximum absolute atomic E-state index is 3.70. The van der Waals surface area contributed by atoms with Gasteiger partial charge in [0.1, 0.15) is 0 Å². The van der Waals surface area contributed by atoms with E-state index in [-0.39, 0.29) is 5.54 Å². The third-order valence-electron chi connectivity index (χ3n) is 4.27. The third kappa shape index (κ3) is 4.08. The van der Waals surface area contributed by atoms with E-state index in [2.05, 4.69) is 39.9 Å². The van der Waals surface area contributed by atoms with Crippen LogP contribution in [0.1, 0.15) is 66.7 Å². The Morgan fingerprint density at radius 2 is 1.75 bits per heavy atom. The first-order valence-corrected chi connectivity index (χ1v) is 7.23. The summed E-state index contributed by atoms with van der Waals surface area (Å²) in [6.45, 7) is 12.8. The van der Waals surface area contributed by atoms with Crippen molar-refractivity contribution in [3.8, 4) is 0 Å². The molecule has 0 spiro atoms. The summed E-state index contributed by atoms with van der Waals surface area (Å²) >= 11 is 0. The Balaban J connectivity index is 2.45. The molecule has 0 heterocycles. The van der Waals surface area contributed by atoms with Gasteiger partial charge in [0.15, 0.2) is 0 Å². The molecule has 1 N–H and O–H groups in total. The van der Waals surface area contributed by atoms with E-state index in [4.69, 9.17) is 0 Å². The molecule has 0 amide bonds. The van der Waals surface area contributed by atoms with Gasteiger partial charge in [-0.05, 0) is 57.9 Å². The molecule has 0 aromatic heterocycles. The normalized spacial score (nSPS) is 26.6. The van der Waals surface area contributed by atoms with Crippen molar-refractivity contribution in [3.63, 3.8) is 0 Å². The van der Waals surface area contributed by atoms with Crippen molar-refractivity contribution in [1.82, 2.24) is 5.32 Å². The topological polar surface area (TPSA) is 12.0 Å². The molecule has 1 fully saturated rings. The lowest BCUT2D eigenvalue weighted by Gasteiger charge is -2.30. The summed E-state index contributed by atoms with van der Waals surface area (Å²) in [5.74, 6) is 2.89. The van der Waals surface area contributed by atoms with Gasteiger partial charge in [0.05, 0.1) is 0 Å². The van der Waals surface area contributed by atoms with Crippen LogP contribution in [-0.2, 0) is 0 Å². The lowest BCUT2D eigenvalue weighted by Crippen LogP contribution is -2.40. The second-order valence-corrected chi connectivity index (χ2v) is 6.56. The zero-order valence-corrected chi connectivity index (χ0v) is 12.0. The maximum Gasteiger partial charge on any atom is 0.00966 e. The van der Waals surface area contributed by atoms with Crippen LogP contribution in [0, 0.1) is 17.8 Å². The van der Waals surface area contributed by atoms with Gasteiger partial charge in [-0.1, -0.05) is 33.1 Å². The second-order valence-electron chi connectivity index (χ2n) is 6.56. The van der Waals surface area contributed by atoms with E-state index in [0.717, 1.165) is 17.8 Å². The van der Waals surface area contributed by atoms with Crippen LogP contribution in [0.5, 0.6) is 0 Å². The summed E-state index contributed by atoms with van der Waals surface area (Å²) in [6.07, 6.45) is 7.12. The predicted octanol–water partition coefficient (Wildman–Crippen LogP) is 4.23. The van der Waals surface area contributed by atoms with E-state index >= 15 is 0 Å². The second kappa shape index (κ2) is 6.05. The molecule has 0 saturated heterocycles. The van der Waals surface area contributed by atoms with Crippen LogP contribution in [0.25, 0.3) is 0 Å². The Morgan fingerprint density at radius 1 is 1.12 bits per heavy atom. The van der Waals surface area contributed by atoms with Gasteiger partial charge in [-0.25, -0.2) is 0 Å². The lowest BCUT2D eigenvalue weighted by molar-refractivity contribution is 0.228. The molecule has 1 rings (SSSR count). The van der Waals surface area contributed by atoms with Crippen molar-refractivity contribution in [2.24, 2.45) is 17.8 Å². The van der Waals surface area contributed by atoms with Crippen molar-refractivity contribution in [1.29, 1.82) is 0 Å². The van der Waals surface area contributed by atoms with Crippen LogP contribution in [-0.4, -0.2) is 12.1 Å². The summed E-state index contributed by atoms with van der Waals surface area (Å²) in [6, 6.07) is 0. The van der Waals surface area contributed by atoms with Gasteiger partial charge >= 0.3 is 0 Å². The van der Waals surface area contributed by atoms with Gasteiger partial charge in [-0.15, -0.1) is 0 Å². The van der Waals surface area contributed by atoms with Crippen molar-refractivity contribution >= 4 is 0 Å². The van der Waals surface area contributed by atoms with Crippen LogP contribution in [0.15, 0.2) is 0 Å². The smallest absolute Gasteiger partial charge is 0.00966 e. The van der Waals surface area contributed by atoms with Crippen molar-refractivity contribution in [2.75, 3.05) is 6.54 Å². The molecule has 0 aromatic rings. The molecule has 96 valence electrons. The monoisotopic (exact) mass is 225 g/mol. The van der Waals surface area contributed by atoms with Crippen LogP contribution in [0.3, 0.4) is 0 Å². The van der Waals surface area contributed by atoms with E-state index < -0.39 is 0 Å². The van der Waals surface area contributed by atoms with Crippen molar-refractivity contribution < 1.29 is 0 Å². The molecule has 1 nitrogen and oxygen atoms in total. The SMILES string of the molecule is CCC(CC)C1CCCC1CNC(C)(C)C. The average molecular weight is 225 g/mol. The summed E-state index contributed by atoms with van der Waals surface area (Å²) in [4.78, 5) is 0. The Hall–Kier alpha value is -0.0400. The van der Waals surface area contributed by atoms with Crippen molar-refractivity contribution in [2.45, 2.75) is 72.3 Å². The molecular weight excluding hydrogens is 194 g/mol. The standard InChI is InChI=1S/C15H31N/c1-6-12(7-2)14-10-8-9-13(14)11-16-15(3,4)5/h12-14,16H,6-11H2,1-5H3. The lowest BCUT2D eigenvalue weighted by atomic mass is 9.80. The molecule has 0 radical (unpaired) electrons. The predicted molar refractivity (Wildman–Crippen MR) is 72.7 cm³/mol. The summed E-state index contributed by atoms with van der Waals surface area (Å²) in [5.41, 5.74) is 0.279. The molecule has 1 heteroatoms. The highest BCUT2D eigenvalue weighted by molar-refractivity contribution is 4.85. The first-order chi connectivity index (χ1) is 7.48. The van der Waals surface area contributed by atoms with Crippen LogP contribution < -0.4 is 5.32 Å². The van der Waals surface area contributed by atoms with E-state index in [1.165, 1.54) is 38.6 Å². The first-order valence-electron chi connectivity index (χ1n) is 7.23. The highest BCUT2D eigenvalue weighted by Crippen LogP contribution is 2.39. The molecule has 0 aromatic carbocycles. The number of rotatable bonds is 5. The summed E-state index contributed by atoms with van der Waals surface area (Å²) in [7, 11) is 0. The Kier molecular flexibility index (Phi) is 5.30. The Bertz CT molecular complexity index is 188. The first kappa shape index (κ1) is 14.0. The van der Waals surface area contributed by atoms with Gasteiger partial charge in [-0.2, -0.15) is 0 Å². The molecule has 2 atom stereocenters. The van der Waals surface area contributed by atoms with Gasteiger partial charge < -0.3 is 5.32 Å². The highest BCUT2D eigenvalue weighted by atomic mass is 14.9. The molecule has 0 aliphatic heterocycles. The quantitative estimate of drug-likeness (QED) is 0.738. The van der Waals surface area contributed by atoms with E-state index in [1.54, 1.807) is 0 Å². The zero-order chi connectivity index (χ0) is 12.2. The van der Waals surface area contributed by atoms with Gasteiger partial charge in [0.25, 0.3) is 0 Å². The summed E-state index contributed by atoms with van der Waals surface area (Å²) in [5, 5.41) is 3.70. The fraction of sp³-hybridized carbons (Fsp3) is 1.00. The minimum Gasteiger partial charge on any atom is -0.312 e. The van der Waals surface area contributed by atoms with Crippen LogP contribution in [0.4, 0.5) is 0 Å². The molecule has 1 aliphatic carbocycles. The highest BCUT2D eigenvalue weighted by Gasteiger charge is 2.32. The summed E-state index contributed by atoms with van der Waals surface area (Å²) < 4.78 is 0. The third-order valence-corrected chi connectivity index (χ3v) is 4.27. The van der Waals surface area contributed by atoms with Gasteiger partial charge in [0, 0.05) is 5.54 Å². The fourth-order valence-corrected chi connectivity index (χ4v) is 3.27. The zero-order valence-electron chi connectivity index (χ0n) is 12.0. The van der Waals surface area contributed by atoms with Crippen molar-refractivity contribution in [3.05, 3.63) is 0 Å². The molecule has 0 bridgehead atoms. The Morgan fingerprint density at radius 3 is 2.25 bits per heavy atom. The Labute approximate surface area is 102 Å². The molecular formula is C15H31N. The minimum absolute atomic E-state index is 0.279. The van der Waals surface area contributed by atoms with E-state index in [0.29, 0.717) is 0 Å². The van der Waals surface area contributed by atoms with Crippen LogP contribution >= 0.6 is 0 Å². The maximum atomic E-state index is 3.70.